The molecule has 0 saturated carbocycles. The molecular formula is C8H10O2S2. The lowest BCUT2D eigenvalue weighted by Gasteiger charge is -2.02. The van der Waals surface area contributed by atoms with Gasteiger partial charge in [-0.25, -0.2) is 0 Å². The highest BCUT2D eigenvalue weighted by Crippen LogP contribution is 2.15. The van der Waals surface area contributed by atoms with Crippen LogP contribution in [0.1, 0.15) is 0 Å². The minimum Gasteiger partial charge on any atom is -0.255 e. The van der Waals surface area contributed by atoms with Gasteiger partial charge < -0.3 is 0 Å². The van der Waals surface area contributed by atoms with E-state index in [4.69, 9.17) is 0 Å². The molecule has 4 heteroatoms. The standard InChI is InChI=1S/C8H10O2S2/c1-11(9)7-5-3-4-6-8(7)12(2)10/h3-6H,1-2H3/t11-,12-/m1/s1. The molecule has 2 atom stereocenters. The second-order valence-corrected chi connectivity index (χ2v) is 5.05. The Morgan fingerprint density at radius 2 is 1.25 bits per heavy atom. The molecule has 12 heavy (non-hydrogen) atoms. The summed E-state index contributed by atoms with van der Waals surface area (Å²) >= 11 is 0. The predicted molar refractivity (Wildman–Crippen MR) is 51.1 cm³/mol. The Bertz CT molecular complexity index is 301. The van der Waals surface area contributed by atoms with Crippen LogP contribution >= 0.6 is 0 Å². The van der Waals surface area contributed by atoms with Gasteiger partial charge >= 0.3 is 0 Å². The molecule has 0 N–H and O–H groups in total. The lowest BCUT2D eigenvalue weighted by Crippen LogP contribution is -1.96. The monoisotopic (exact) mass is 202 g/mol. The first-order chi connectivity index (χ1) is 5.63. The van der Waals surface area contributed by atoms with Crippen LogP contribution in [0.25, 0.3) is 0 Å². The zero-order valence-electron chi connectivity index (χ0n) is 6.94. The van der Waals surface area contributed by atoms with Crippen LogP contribution in [0.3, 0.4) is 0 Å². The van der Waals surface area contributed by atoms with Gasteiger partial charge in [0, 0.05) is 12.5 Å². The molecule has 0 amide bonds. The third-order valence-electron chi connectivity index (χ3n) is 1.47. The summed E-state index contributed by atoms with van der Waals surface area (Å²) in [6, 6.07) is 7.08. The Labute approximate surface area is 76.9 Å². The van der Waals surface area contributed by atoms with Crippen molar-refractivity contribution < 1.29 is 8.42 Å². The van der Waals surface area contributed by atoms with Crippen LogP contribution in [0.4, 0.5) is 0 Å². The molecular weight excluding hydrogens is 192 g/mol. The Balaban J connectivity index is 3.27. The maximum absolute atomic E-state index is 11.1. The maximum atomic E-state index is 11.1. The molecule has 0 unspecified atom stereocenters. The Morgan fingerprint density at radius 3 is 1.50 bits per heavy atom. The van der Waals surface area contributed by atoms with Crippen molar-refractivity contribution in [3.8, 4) is 0 Å². The quantitative estimate of drug-likeness (QED) is 0.721. The molecule has 1 rings (SSSR count). The molecule has 0 aliphatic rings. The molecule has 0 fully saturated rings. The van der Waals surface area contributed by atoms with E-state index in [1.807, 2.05) is 0 Å². The van der Waals surface area contributed by atoms with E-state index >= 15 is 0 Å². The average Bonchev–Trinajstić information content (AvgIpc) is 2.04. The normalized spacial score (nSPS) is 15.5. The van der Waals surface area contributed by atoms with Crippen molar-refractivity contribution in [1.29, 1.82) is 0 Å². The van der Waals surface area contributed by atoms with Gasteiger partial charge in [0.15, 0.2) is 0 Å². The predicted octanol–water partition coefficient (Wildman–Crippen LogP) is 1.16. The van der Waals surface area contributed by atoms with Gasteiger partial charge in [-0.15, -0.1) is 0 Å². The van der Waals surface area contributed by atoms with Gasteiger partial charge in [0.1, 0.15) is 0 Å². The van der Waals surface area contributed by atoms with Crippen molar-refractivity contribution in [3.05, 3.63) is 24.3 Å². The molecule has 0 saturated heterocycles. The molecule has 2 nitrogen and oxygen atoms in total. The van der Waals surface area contributed by atoms with E-state index in [2.05, 4.69) is 0 Å². The molecule has 0 aromatic heterocycles. The summed E-state index contributed by atoms with van der Waals surface area (Å²) in [7, 11) is -2.11. The third kappa shape index (κ3) is 2.01. The van der Waals surface area contributed by atoms with E-state index in [1.54, 1.807) is 36.8 Å². The zero-order chi connectivity index (χ0) is 9.14. The third-order valence-corrected chi connectivity index (χ3v) is 3.55. The van der Waals surface area contributed by atoms with Gasteiger partial charge in [-0.3, -0.25) is 8.42 Å². The van der Waals surface area contributed by atoms with E-state index in [0.29, 0.717) is 9.79 Å². The number of benzene rings is 1. The van der Waals surface area contributed by atoms with Crippen molar-refractivity contribution in [1.82, 2.24) is 0 Å². The molecule has 0 aliphatic carbocycles. The van der Waals surface area contributed by atoms with Crippen molar-refractivity contribution in [2.24, 2.45) is 0 Å². The Morgan fingerprint density at radius 1 is 0.917 bits per heavy atom. The summed E-state index contributed by atoms with van der Waals surface area (Å²) < 4.78 is 22.3. The van der Waals surface area contributed by atoms with E-state index in [0.717, 1.165) is 0 Å². The number of hydrogen-bond acceptors (Lipinski definition) is 2. The highest BCUT2D eigenvalue weighted by molar-refractivity contribution is 7.87. The van der Waals surface area contributed by atoms with Gasteiger partial charge in [0.25, 0.3) is 0 Å². The highest BCUT2D eigenvalue weighted by atomic mass is 32.2. The second-order valence-electron chi connectivity index (χ2n) is 2.35. The van der Waals surface area contributed by atoms with E-state index < -0.39 is 21.6 Å². The zero-order valence-corrected chi connectivity index (χ0v) is 8.58. The van der Waals surface area contributed by atoms with Crippen LogP contribution in [-0.2, 0) is 21.6 Å². The average molecular weight is 202 g/mol. The van der Waals surface area contributed by atoms with Crippen LogP contribution in [-0.4, -0.2) is 20.9 Å². The molecule has 0 spiro atoms. The van der Waals surface area contributed by atoms with Crippen molar-refractivity contribution in [3.63, 3.8) is 0 Å². The SMILES string of the molecule is C[S@@](=O)c1ccccc1[S@@](C)=O. The first kappa shape index (κ1) is 9.61. The van der Waals surface area contributed by atoms with Crippen LogP contribution in [0.5, 0.6) is 0 Å². The summed E-state index contributed by atoms with van der Waals surface area (Å²) in [5.41, 5.74) is 0. The molecule has 0 radical (unpaired) electrons. The molecule has 66 valence electrons. The van der Waals surface area contributed by atoms with Gasteiger partial charge in [-0.2, -0.15) is 0 Å². The van der Waals surface area contributed by atoms with Gasteiger partial charge in [-0.05, 0) is 12.1 Å². The van der Waals surface area contributed by atoms with Gasteiger partial charge in [-0.1, -0.05) is 12.1 Å². The lowest BCUT2D eigenvalue weighted by molar-refractivity contribution is 0.678. The fourth-order valence-corrected chi connectivity index (χ4v) is 2.87. The van der Waals surface area contributed by atoms with E-state index in [9.17, 15) is 8.42 Å². The smallest absolute Gasteiger partial charge is 0.0546 e. The largest absolute Gasteiger partial charge is 0.255 e. The fraction of sp³-hybridized carbons (Fsp3) is 0.250. The molecule has 1 aromatic carbocycles. The number of hydrogen-bond donors (Lipinski definition) is 0. The van der Waals surface area contributed by atoms with Crippen LogP contribution in [0.2, 0.25) is 0 Å². The van der Waals surface area contributed by atoms with E-state index in [1.165, 1.54) is 0 Å². The van der Waals surface area contributed by atoms with Crippen molar-refractivity contribution in [2.75, 3.05) is 12.5 Å². The molecule has 0 heterocycles. The Kier molecular flexibility index (Phi) is 3.17. The van der Waals surface area contributed by atoms with Crippen molar-refractivity contribution in [2.45, 2.75) is 9.79 Å². The first-order valence-corrected chi connectivity index (χ1v) is 6.50. The first-order valence-electron chi connectivity index (χ1n) is 3.39. The highest BCUT2D eigenvalue weighted by Gasteiger charge is 2.06. The summed E-state index contributed by atoms with van der Waals surface area (Å²) in [4.78, 5) is 1.33. The molecule has 1 aromatic rings. The number of rotatable bonds is 2. The summed E-state index contributed by atoms with van der Waals surface area (Å²) in [6.45, 7) is 0. The summed E-state index contributed by atoms with van der Waals surface area (Å²) in [5, 5.41) is 0. The summed E-state index contributed by atoms with van der Waals surface area (Å²) in [6.07, 6.45) is 3.18. The van der Waals surface area contributed by atoms with Crippen LogP contribution < -0.4 is 0 Å². The van der Waals surface area contributed by atoms with Crippen LogP contribution in [0.15, 0.2) is 34.1 Å². The topological polar surface area (TPSA) is 34.1 Å². The van der Waals surface area contributed by atoms with Gasteiger partial charge in [0.2, 0.25) is 0 Å². The van der Waals surface area contributed by atoms with Crippen LogP contribution in [0, 0.1) is 0 Å². The Hall–Kier alpha value is -0.480. The second kappa shape index (κ2) is 3.96. The van der Waals surface area contributed by atoms with Crippen molar-refractivity contribution >= 4 is 21.6 Å². The maximum Gasteiger partial charge on any atom is 0.0546 e. The minimum atomic E-state index is -1.05. The summed E-state index contributed by atoms with van der Waals surface area (Å²) in [5.74, 6) is 0. The fourth-order valence-electron chi connectivity index (χ4n) is 0.925. The molecule has 0 bridgehead atoms. The minimum absolute atomic E-state index is 0.665. The van der Waals surface area contributed by atoms with Gasteiger partial charge in [0.05, 0.1) is 31.4 Å². The van der Waals surface area contributed by atoms with E-state index in [-0.39, 0.29) is 0 Å². The lowest BCUT2D eigenvalue weighted by atomic mass is 10.4. The molecule has 0 aliphatic heterocycles.